The third-order valence-electron chi connectivity index (χ3n) is 11.6. The number of carboxylic acids is 1. The number of aromatic nitrogens is 2. The second-order valence-corrected chi connectivity index (χ2v) is 17.2. The molecule has 0 radical (unpaired) electrons. The molecule has 2 heterocycles. The number of aliphatic carboxylic acids is 1. The van der Waals surface area contributed by atoms with E-state index >= 15 is 0 Å². The van der Waals surface area contributed by atoms with Crippen molar-refractivity contribution < 1.29 is 48.6 Å². The predicted octanol–water partition coefficient (Wildman–Crippen LogP) is -1.73. The third kappa shape index (κ3) is 16.9. The van der Waals surface area contributed by atoms with Crippen LogP contribution in [0.1, 0.15) is 84.9 Å². The van der Waals surface area contributed by atoms with E-state index in [9.17, 15) is 48.6 Å². The Kier molecular flexibility index (Phi) is 21.5. The monoisotopic (exact) mass is 940 g/mol. The largest absolute Gasteiger partial charge is 0.508 e. The Morgan fingerprint density at radius 2 is 1.42 bits per heavy atom. The fraction of sp³-hybridized carbons (Fsp3) is 0.591. The fourth-order valence-electron chi connectivity index (χ4n) is 7.24. The highest BCUT2D eigenvalue weighted by Crippen LogP contribution is 2.21. The van der Waals surface area contributed by atoms with Crippen LogP contribution in [0.4, 0.5) is 0 Å². The average molecular weight is 940 g/mol. The van der Waals surface area contributed by atoms with Crippen LogP contribution in [-0.4, -0.2) is 147 Å². The lowest BCUT2D eigenvalue weighted by molar-refractivity contribution is -0.144. The third-order valence-corrected chi connectivity index (χ3v) is 11.6. The van der Waals surface area contributed by atoms with E-state index in [0.29, 0.717) is 30.5 Å². The second-order valence-electron chi connectivity index (χ2n) is 17.2. The van der Waals surface area contributed by atoms with Crippen molar-refractivity contribution in [3.63, 3.8) is 0 Å². The first-order chi connectivity index (χ1) is 31.7. The smallest absolute Gasteiger partial charge is 0.325 e. The Morgan fingerprint density at radius 1 is 0.806 bits per heavy atom. The molecule has 1 aliphatic rings. The van der Waals surface area contributed by atoms with Crippen molar-refractivity contribution in [3.8, 4) is 5.75 Å². The van der Waals surface area contributed by atoms with Gasteiger partial charge in [-0.1, -0.05) is 46.2 Å². The first kappa shape index (κ1) is 54.6. The van der Waals surface area contributed by atoms with E-state index in [1.807, 2.05) is 0 Å². The molecular formula is C44H69N13O10. The zero-order valence-electron chi connectivity index (χ0n) is 39.3. The Labute approximate surface area is 390 Å². The summed E-state index contributed by atoms with van der Waals surface area (Å²) in [4.78, 5) is 121. The van der Waals surface area contributed by atoms with Crippen molar-refractivity contribution in [1.29, 1.82) is 0 Å². The van der Waals surface area contributed by atoms with Crippen molar-refractivity contribution in [2.24, 2.45) is 28.3 Å². The van der Waals surface area contributed by atoms with E-state index in [-0.39, 0.29) is 50.5 Å². The number of likely N-dealkylation sites (tertiary alicyclic amines) is 1. The number of aromatic hydroxyl groups is 1. The molecule has 67 heavy (non-hydrogen) atoms. The van der Waals surface area contributed by atoms with Gasteiger partial charge in [-0.15, -0.1) is 0 Å². The zero-order chi connectivity index (χ0) is 50.0. The number of nitrogens with zero attached hydrogens (tertiary/aromatic N) is 3. The molecule has 1 aromatic carbocycles. The maximum atomic E-state index is 14.5. The second kappa shape index (κ2) is 26.4. The number of imidazole rings is 1. The van der Waals surface area contributed by atoms with Gasteiger partial charge in [-0.3, -0.25) is 43.3 Å². The molecule has 2 aromatic rings. The van der Waals surface area contributed by atoms with Crippen LogP contribution in [0.5, 0.6) is 5.75 Å². The highest BCUT2D eigenvalue weighted by molar-refractivity contribution is 5.98. The Balaban J connectivity index is 1.92. The maximum Gasteiger partial charge on any atom is 0.325 e. The number of hydrogen-bond donors (Lipinski definition) is 12. The molecule has 9 atom stereocenters. The van der Waals surface area contributed by atoms with Gasteiger partial charge in [0.2, 0.25) is 41.4 Å². The molecule has 0 bridgehead atoms. The first-order valence-corrected chi connectivity index (χ1v) is 22.5. The van der Waals surface area contributed by atoms with Crippen LogP contribution in [0, 0.1) is 11.8 Å². The summed E-state index contributed by atoms with van der Waals surface area (Å²) in [6.07, 6.45) is 4.23. The highest BCUT2D eigenvalue weighted by atomic mass is 16.4. The number of carboxylic acid groups (broad SMARTS) is 1. The number of carbonyl (C=O) groups excluding carboxylic acids is 7. The minimum absolute atomic E-state index is 0.0381. The Bertz CT molecular complexity index is 2030. The quantitative estimate of drug-likeness (QED) is 0.0284. The number of guanidine groups is 1. The summed E-state index contributed by atoms with van der Waals surface area (Å²) in [5.74, 6) is -7.11. The summed E-state index contributed by atoms with van der Waals surface area (Å²) in [6, 6.07) is -3.07. The van der Waals surface area contributed by atoms with Crippen LogP contribution < -0.4 is 48.7 Å². The van der Waals surface area contributed by atoms with Gasteiger partial charge in [0.05, 0.1) is 12.4 Å². The van der Waals surface area contributed by atoms with Gasteiger partial charge in [0.1, 0.15) is 48.0 Å². The molecule has 14 N–H and O–H groups in total. The van der Waals surface area contributed by atoms with Gasteiger partial charge in [0, 0.05) is 37.8 Å². The summed E-state index contributed by atoms with van der Waals surface area (Å²) in [5.41, 5.74) is 11.9. The Morgan fingerprint density at radius 3 is 2.00 bits per heavy atom. The minimum atomic E-state index is -1.35. The van der Waals surface area contributed by atoms with Gasteiger partial charge in [0.15, 0.2) is 5.96 Å². The molecule has 370 valence electrons. The molecule has 23 nitrogen and oxygen atoms in total. The number of H-pyrrole nitrogens is 1. The van der Waals surface area contributed by atoms with Gasteiger partial charge < -0.3 is 68.8 Å². The molecule has 1 fully saturated rings. The van der Waals surface area contributed by atoms with Gasteiger partial charge >= 0.3 is 5.97 Å². The lowest BCUT2D eigenvalue weighted by atomic mass is 9.96. The van der Waals surface area contributed by atoms with E-state index < -0.39 is 107 Å². The number of likely N-dealkylation sites (N-methyl/N-ethyl adjacent to an activating group) is 1. The molecule has 1 saturated heterocycles. The van der Waals surface area contributed by atoms with Crippen molar-refractivity contribution in [2.45, 2.75) is 135 Å². The average Bonchev–Trinajstić information content (AvgIpc) is 4.00. The maximum absolute atomic E-state index is 14.5. The molecule has 7 amide bonds. The number of benzene rings is 1. The molecule has 0 aliphatic carbocycles. The number of phenolic OH excluding ortho intramolecular Hbond substituents is 1. The number of nitrogens with one attached hydrogen (secondary N) is 8. The lowest BCUT2D eigenvalue weighted by Crippen LogP contribution is -2.62. The number of amides is 7. The predicted molar refractivity (Wildman–Crippen MR) is 246 cm³/mol. The molecule has 1 aromatic heterocycles. The fourth-order valence-corrected chi connectivity index (χ4v) is 7.24. The van der Waals surface area contributed by atoms with Crippen LogP contribution in [0.2, 0.25) is 0 Å². The molecule has 1 aliphatic heterocycles. The van der Waals surface area contributed by atoms with Crippen molar-refractivity contribution >= 4 is 53.3 Å². The van der Waals surface area contributed by atoms with Crippen LogP contribution >= 0.6 is 0 Å². The van der Waals surface area contributed by atoms with Crippen molar-refractivity contribution in [1.82, 2.24) is 52.1 Å². The van der Waals surface area contributed by atoms with Crippen molar-refractivity contribution in [3.05, 3.63) is 48.0 Å². The van der Waals surface area contributed by atoms with E-state index in [1.54, 1.807) is 53.8 Å². The van der Waals surface area contributed by atoms with Crippen LogP contribution in [0.25, 0.3) is 0 Å². The minimum Gasteiger partial charge on any atom is -0.508 e. The van der Waals surface area contributed by atoms with E-state index in [1.165, 1.54) is 36.5 Å². The summed E-state index contributed by atoms with van der Waals surface area (Å²) < 4.78 is 0. The number of aliphatic imine (C=N–C) groups is 1. The summed E-state index contributed by atoms with van der Waals surface area (Å²) in [6.45, 7) is 10.2. The van der Waals surface area contributed by atoms with E-state index in [0.717, 1.165) is 0 Å². The zero-order valence-corrected chi connectivity index (χ0v) is 39.3. The topological polar surface area (TPSA) is 358 Å². The van der Waals surface area contributed by atoms with Gasteiger partial charge in [-0.25, -0.2) is 4.98 Å². The van der Waals surface area contributed by atoms with Crippen LogP contribution in [0.3, 0.4) is 0 Å². The van der Waals surface area contributed by atoms with Gasteiger partial charge in [-0.2, -0.15) is 0 Å². The van der Waals surface area contributed by atoms with Gasteiger partial charge in [0.25, 0.3) is 0 Å². The number of phenols is 1. The SMILES string of the molecule is CC[C@H](C)[C@H](NC(=O)[C@H](Cc1ccc(O)cc1)NC(=O)[C@@H](NC(=O)[C@H](CCCN=C(N)N)NC(=O)[C@H](C)NC)C(C)C)C(=O)N[C@@H](Cc1cnc[nH]1)C(=O)N1CCC[C@H]1C(=O)N[C@@H](C)C(=O)O. The van der Waals surface area contributed by atoms with Crippen LogP contribution in [-0.2, 0) is 51.2 Å². The highest BCUT2D eigenvalue weighted by Gasteiger charge is 2.40. The number of carbonyl (C=O) groups is 8. The standard InChI is InChI=1S/C44H69N13O10/c1-8-24(4)35(41(64)54-32(20-28-21-48-22-50-28)42(65)57-18-10-12-33(57)39(62)51-26(6)43(66)67)56-38(61)31(19-27-13-15-29(58)16-14-27)53-40(63)34(23(2)3)55-37(60)30(11-9-17-49-44(45)46)52-36(59)25(5)47-7/h13-16,21-26,30-35,47,58H,8-12,17-20H2,1-7H3,(H,48,50)(H,51,62)(H,52,59)(H,53,63)(H,54,64)(H,55,60)(H,56,61)(H,66,67)(H4,45,46,49)/t24-,25-,26-,30-,31-,32-,33-,34-,35-/m0/s1. The normalized spacial score (nSPS) is 17.0. The summed E-state index contributed by atoms with van der Waals surface area (Å²) in [7, 11) is 1.59. The van der Waals surface area contributed by atoms with Gasteiger partial charge in [-0.05, 0) is 76.1 Å². The molecule has 0 spiro atoms. The lowest BCUT2D eigenvalue weighted by Gasteiger charge is -2.32. The van der Waals surface area contributed by atoms with Crippen LogP contribution in [0.15, 0.2) is 41.8 Å². The first-order valence-electron chi connectivity index (χ1n) is 22.5. The molecule has 0 saturated carbocycles. The molecule has 23 heteroatoms. The number of aromatic amines is 1. The van der Waals surface area contributed by atoms with E-state index in [2.05, 4.69) is 52.2 Å². The van der Waals surface area contributed by atoms with E-state index in [4.69, 9.17) is 11.5 Å². The van der Waals surface area contributed by atoms with Crippen molar-refractivity contribution in [2.75, 3.05) is 20.1 Å². The molecule has 3 rings (SSSR count). The molecule has 0 unspecified atom stereocenters. The molecular weight excluding hydrogens is 871 g/mol. The Hall–Kier alpha value is -6.78. The number of rotatable bonds is 26. The number of hydrogen-bond acceptors (Lipinski definition) is 12. The summed E-state index contributed by atoms with van der Waals surface area (Å²) >= 11 is 0. The number of nitrogens with two attached hydrogens (primary N) is 2. The summed E-state index contributed by atoms with van der Waals surface area (Å²) in [5, 5.41) is 38.3.